The predicted molar refractivity (Wildman–Crippen MR) is 116 cm³/mol. The van der Waals surface area contributed by atoms with Gasteiger partial charge in [0.1, 0.15) is 5.52 Å². The SMILES string of the molecule is CSc1ncc(-c2ccc3ncc4c(=O)[nH]c(=O)n(C5CCNCC5)c4c3n2)cn1. The molecule has 0 atom stereocenters. The summed E-state index contributed by atoms with van der Waals surface area (Å²) in [5.41, 5.74) is 2.24. The second kappa shape index (κ2) is 7.62. The van der Waals surface area contributed by atoms with Crippen molar-refractivity contribution >= 4 is 33.7 Å². The van der Waals surface area contributed by atoms with Gasteiger partial charge in [-0.1, -0.05) is 11.8 Å². The molecule has 1 aliphatic rings. The van der Waals surface area contributed by atoms with E-state index in [9.17, 15) is 9.59 Å². The monoisotopic (exact) mass is 421 g/mol. The van der Waals surface area contributed by atoms with Gasteiger partial charge in [0, 0.05) is 30.2 Å². The highest BCUT2D eigenvalue weighted by Gasteiger charge is 2.22. The molecule has 2 N–H and O–H groups in total. The lowest BCUT2D eigenvalue weighted by molar-refractivity contribution is 0.365. The molecule has 0 saturated carbocycles. The first kappa shape index (κ1) is 18.9. The van der Waals surface area contributed by atoms with Crippen molar-refractivity contribution in [3.05, 3.63) is 51.6 Å². The Morgan fingerprint density at radius 1 is 1.07 bits per heavy atom. The molecule has 0 bridgehead atoms. The quantitative estimate of drug-likeness (QED) is 0.292. The van der Waals surface area contributed by atoms with Gasteiger partial charge >= 0.3 is 5.69 Å². The van der Waals surface area contributed by atoms with Crippen molar-refractivity contribution in [2.24, 2.45) is 0 Å². The molecule has 152 valence electrons. The van der Waals surface area contributed by atoms with E-state index in [1.54, 1.807) is 17.0 Å². The van der Waals surface area contributed by atoms with E-state index in [2.05, 4.69) is 25.3 Å². The van der Waals surface area contributed by atoms with Gasteiger partial charge in [0.05, 0.1) is 22.1 Å². The zero-order chi connectivity index (χ0) is 20.7. The molecule has 4 aromatic heterocycles. The number of H-pyrrole nitrogens is 1. The summed E-state index contributed by atoms with van der Waals surface area (Å²) in [7, 11) is 0. The number of thioether (sulfide) groups is 1. The van der Waals surface area contributed by atoms with Crippen LogP contribution in [0.1, 0.15) is 18.9 Å². The third-order valence-corrected chi connectivity index (χ3v) is 5.97. The minimum Gasteiger partial charge on any atom is -0.317 e. The molecule has 1 saturated heterocycles. The molecule has 5 rings (SSSR count). The Kier molecular flexibility index (Phi) is 4.80. The van der Waals surface area contributed by atoms with Crippen molar-refractivity contribution in [2.45, 2.75) is 24.0 Å². The summed E-state index contributed by atoms with van der Waals surface area (Å²) < 4.78 is 1.69. The van der Waals surface area contributed by atoms with E-state index in [0.717, 1.165) is 31.5 Å². The van der Waals surface area contributed by atoms with E-state index in [-0.39, 0.29) is 6.04 Å². The highest BCUT2D eigenvalue weighted by Crippen LogP contribution is 2.27. The van der Waals surface area contributed by atoms with Gasteiger partial charge in [-0.15, -0.1) is 0 Å². The first-order chi connectivity index (χ1) is 14.7. The lowest BCUT2D eigenvalue weighted by Gasteiger charge is -2.26. The number of nitrogens with zero attached hydrogens (tertiary/aromatic N) is 5. The van der Waals surface area contributed by atoms with Crippen molar-refractivity contribution in [3.63, 3.8) is 0 Å². The van der Waals surface area contributed by atoms with Crippen molar-refractivity contribution in [1.82, 2.24) is 34.8 Å². The fraction of sp³-hybridized carbons (Fsp3) is 0.300. The maximum absolute atomic E-state index is 12.8. The first-order valence-corrected chi connectivity index (χ1v) is 10.9. The smallest absolute Gasteiger partial charge is 0.317 e. The summed E-state index contributed by atoms with van der Waals surface area (Å²) >= 11 is 1.46. The van der Waals surface area contributed by atoms with Crippen LogP contribution in [0.2, 0.25) is 0 Å². The number of aromatic amines is 1. The summed E-state index contributed by atoms with van der Waals surface area (Å²) in [4.78, 5) is 45.6. The summed E-state index contributed by atoms with van der Waals surface area (Å²) in [5, 5.41) is 4.35. The number of hydrogen-bond donors (Lipinski definition) is 2. The average molecular weight is 421 g/mol. The van der Waals surface area contributed by atoms with E-state index < -0.39 is 11.2 Å². The van der Waals surface area contributed by atoms with Crippen LogP contribution in [0.25, 0.3) is 33.2 Å². The molecule has 0 spiro atoms. The third-order valence-electron chi connectivity index (χ3n) is 5.39. The van der Waals surface area contributed by atoms with E-state index in [0.29, 0.717) is 32.8 Å². The van der Waals surface area contributed by atoms with Crippen molar-refractivity contribution in [2.75, 3.05) is 19.3 Å². The van der Waals surface area contributed by atoms with Gasteiger partial charge in [0.15, 0.2) is 5.16 Å². The van der Waals surface area contributed by atoms with Crippen LogP contribution in [-0.2, 0) is 0 Å². The minimum atomic E-state index is -0.450. The summed E-state index contributed by atoms with van der Waals surface area (Å²) in [6, 6.07) is 3.68. The van der Waals surface area contributed by atoms with Crippen LogP contribution < -0.4 is 16.6 Å². The van der Waals surface area contributed by atoms with Gasteiger partial charge < -0.3 is 5.32 Å². The van der Waals surface area contributed by atoms with Crippen molar-refractivity contribution < 1.29 is 0 Å². The average Bonchev–Trinajstić information content (AvgIpc) is 2.79. The molecular formula is C20H19N7O2S. The third kappa shape index (κ3) is 3.17. The zero-order valence-electron chi connectivity index (χ0n) is 16.3. The molecule has 0 aliphatic carbocycles. The van der Waals surface area contributed by atoms with Crippen LogP contribution >= 0.6 is 11.8 Å². The zero-order valence-corrected chi connectivity index (χ0v) is 17.1. The standard InChI is InChI=1S/C20H19N7O2S/c1-30-19-23-8-11(9-24-19)14-2-3-15-16(25-14)17-13(10-22-15)18(28)26-20(29)27(17)12-4-6-21-7-5-12/h2-3,8-10,12,21H,4-7H2,1H3,(H,26,28,29). The number of piperidine rings is 1. The number of nitrogens with one attached hydrogen (secondary N) is 2. The van der Waals surface area contributed by atoms with Gasteiger partial charge in [-0.25, -0.2) is 19.7 Å². The van der Waals surface area contributed by atoms with Crippen LogP contribution in [0.3, 0.4) is 0 Å². The van der Waals surface area contributed by atoms with E-state index in [4.69, 9.17) is 4.98 Å². The summed E-state index contributed by atoms with van der Waals surface area (Å²) in [5.74, 6) is 0. The van der Waals surface area contributed by atoms with Gasteiger partial charge in [0.2, 0.25) is 0 Å². The van der Waals surface area contributed by atoms with Gasteiger partial charge in [-0.05, 0) is 44.3 Å². The lowest BCUT2D eigenvalue weighted by Crippen LogP contribution is -2.38. The molecule has 9 nitrogen and oxygen atoms in total. The fourth-order valence-electron chi connectivity index (χ4n) is 3.92. The van der Waals surface area contributed by atoms with E-state index >= 15 is 0 Å². The fourth-order valence-corrected chi connectivity index (χ4v) is 4.23. The molecule has 30 heavy (non-hydrogen) atoms. The molecule has 4 aromatic rings. The molecule has 1 fully saturated rings. The summed E-state index contributed by atoms with van der Waals surface area (Å²) in [6.07, 6.45) is 8.48. The number of hydrogen-bond acceptors (Lipinski definition) is 8. The van der Waals surface area contributed by atoms with E-state index in [1.807, 2.05) is 18.4 Å². The summed E-state index contributed by atoms with van der Waals surface area (Å²) in [6.45, 7) is 1.64. The van der Waals surface area contributed by atoms with Crippen molar-refractivity contribution in [1.29, 1.82) is 0 Å². The second-order valence-corrected chi connectivity index (χ2v) is 7.93. The second-order valence-electron chi connectivity index (χ2n) is 7.15. The number of fused-ring (bicyclic) bond motifs is 3. The molecule has 1 aliphatic heterocycles. The Labute approximate surface area is 175 Å². The topological polar surface area (TPSA) is 118 Å². The highest BCUT2D eigenvalue weighted by atomic mass is 32.2. The Morgan fingerprint density at radius 2 is 1.83 bits per heavy atom. The van der Waals surface area contributed by atoms with Crippen LogP contribution in [0.5, 0.6) is 0 Å². The molecular weight excluding hydrogens is 402 g/mol. The Morgan fingerprint density at radius 3 is 2.57 bits per heavy atom. The Balaban J connectivity index is 1.80. The van der Waals surface area contributed by atoms with E-state index in [1.165, 1.54) is 18.0 Å². The van der Waals surface area contributed by atoms with Gasteiger partial charge in [0.25, 0.3) is 5.56 Å². The number of pyridine rings is 2. The number of rotatable bonds is 3. The molecule has 0 unspecified atom stereocenters. The normalized spacial score (nSPS) is 15.1. The van der Waals surface area contributed by atoms with Crippen LogP contribution in [-0.4, -0.2) is 48.8 Å². The molecule has 0 radical (unpaired) electrons. The largest absolute Gasteiger partial charge is 0.329 e. The predicted octanol–water partition coefficient (Wildman–Crippen LogP) is 1.74. The molecule has 10 heteroatoms. The van der Waals surface area contributed by atoms with Crippen LogP contribution in [0, 0.1) is 0 Å². The lowest BCUT2D eigenvalue weighted by atomic mass is 10.1. The maximum atomic E-state index is 12.8. The minimum absolute atomic E-state index is 0.0154. The molecule has 0 aromatic carbocycles. The van der Waals surface area contributed by atoms with Crippen LogP contribution in [0.4, 0.5) is 0 Å². The van der Waals surface area contributed by atoms with Gasteiger partial charge in [-0.2, -0.15) is 0 Å². The highest BCUT2D eigenvalue weighted by molar-refractivity contribution is 7.98. The Bertz CT molecular complexity index is 1360. The molecule has 5 heterocycles. The van der Waals surface area contributed by atoms with Gasteiger partial charge in [-0.3, -0.25) is 19.3 Å². The Hall–Kier alpha value is -3.11. The van der Waals surface area contributed by atoms with Crippen LogP contribution in [0.15, 0.2) is 45.5 Å². The number of aromatic nitrogens is 6. The first-order valence-electron chi connectivity index (χ1n) is 9.67. The van der Waals surface area contributed by atoms with Crippen molar-refractivity contribution in [3.8, 4) is 11.3 Å². The maximum Gasteiger partial charge on any atom is 0.329 e. The molecule has 0 amide bonds.